The summed E-state index contributed by atoms with van der Waals surface area (Å²) in [7, 11) is 0. The minimum Gasteiger partial charge on any atom is -0.388 e. The van der Waals surface area contributed by atoms with Crippen molar-refractivity contribution in [3.63, 3.8) is 0 Å². The Labute approximate surface area is 144 Å². The van der Waals surface area contributed by atoms with Gasteiger partial charge in [0.1, 0.15) is 0 Å². The monoisotopic (exact) mass is 338 g/mol. The molecule has 5 heteroatoms. The number of nitrogens with zero attached hydrogens (tertiary/aromatic N) is 2. The van der Waals surface area contributed by atoms with Gasteiger partial charge >= 0.3 is 0 Å². The van der Waals surface area contributed by atoms with Crippen molar-refractivity contribution < 1.29 is 5.11 Å². The molecule has 1 unspecified atom stereocenters. The Hall–Kier alpha value is -2.37. The van der Waals surface area contributed by atoms with Gasteiger partial charge in [0.15, 0.2) is 5.16 Å². The van der Waals surface area contributed by atoms with Gasteiger partial charge in [-0.3, -0.25) is 9.36 Å². The number of thioether (sulfide) groups is 1. The number of para-hydroxylation sites is 1. The molecule has 0 saturated carbocycles. The van der Waals surface area contributed by atoms with Crippen LogP contribution in [0.4, 0.5) is 0 Å². The van der Waals surface area contributed by atoms with E-state index in [9.17, 15) is 9.90 Å². The predicted molar refractivity (Wildman–Crippen MR) is 98.3 cm³/mol. The molecule has 2 aromatic carbocycles. The number of benzene rings is 2. The molecule has 0 radical (unpaired) electrons. The first kappa shape index (κ1) is 16.5. The van der Waals surface area contributed by atoms with Gasteiger partial charge in [-0.1, -0.05) is 60.3 Å². The summed E-state index contributed by atoms with van der Waals surface area (Å²) in [6.07, 6.45) is 1.06. The lowest BCUT2D eigenvalue weighted by Gasteiger charge is -2.14. The molecule has 3 aromatic rings. The van der Waals surface area contributed by atoms with Crippen LogP contribution in [0, 0.1) is 0 Å². The van der Waals surface area contributed by atoms with E-state index in [1.165, 1.54) is 11.8 Å². The number of fused-ring (bicyclic) bond motifs is 1. The van der Waals surface area contributed by atoms with Crippen LogP contribution in [-0.2, 0) is 6.54 Å². The molecule has 24 heavy (non-hydrogen) atoms. The molecule has 0 amide bonds. The summed E-state index contributed by atoms with van der Waals surface area (Å²) in [4.78, 5) is 17.2. The van der Waals surface area contributed by atoms with Gasteiger partial charge in [0.2, 0.25) is 0 Å². The van der Waals surface area contributed by atoms with Crippen LogP contribution >= 0.6 is 11.8 Å². The van der Waals surface area contributed by atoms with Crippen LogP contribution in [0.15, 0.2) is 77.2 Å². The summed E-state index contributed by atoms with van der Waals surface area (Å²) < 4.78 is 1.59. The van der Waals surface area contributed by atoms with E-state index in [2.05, 4.69) is 11.6 Å². The first-order valence-electron chi connectivity index (χ1n) is 7.67. The molecule has 0 aliphatic heterocycles. The second-order valence-corrected chi connectivity index (χ2v) is 6.34. The molecule has 1 heterocycles. The van der Waals surface area contributed by atoms with Crippen molar-refractivity contribution >= 4 is 22.7 Å². The molecular weight excluding hydrogens is 320 g/mol. The minimum atomic E-state index is -0.614. The van der Waals surface area contributed by atoms with E-state index in [0.29, 0.717) is 28.4 Å². The highest BCUT2D eigenvalue weighted by Gasteiger charge is 2.13. The first-order chi connectivity index (χ1) is 11.7. The van der Waals surface area contributed by atoms with Crippen LogP contribution < -0.4 is 5.56 Å². The van der Waals surface area contributed by atoms with E-state index >= 15 is 0 Å². The fourth-order valence-corrected chi connectivity index (χ4v) is 3.45. The lowest BCUT2D eigenvalue weighted by atomic mass is 10.1. The van der Waals surface area contributed by atoms with Crippen molar-refractivity contribution in [2.45, 2.75) is 17.8 Å². The van der Waals surface area contributed by atoms with Gasteiger partial charge in [-0.25, -0.2) is 4.98 Å². The van der Waals surface area contributed by atoms with E-state index in [4.69, 9.17) is 0 Å². The molecular formula is C19H18N2O2S. The Kier molecular flexibility index (Phi) is 5.13. The number of hydrogen-bond donors (Lipinski definition) is 1. The highest BCUT2D eigenvalue weighted by Crippen LogP contribution is 2.24. The van der Waals surface area contributed by atoms with Crippen molar-refractivity contribution in [3.05, 3.63) is 83.2 Å². The Bertz CT molecular complexity index is 906. The van der Waals surface area contributed by atoms with Gasteiger partial charge in [-0.05, 0) is 17.7 Å². The standard InChI is InChI=1S/C19H18N2O2S/c1-2-12-21-18(23)15-10-6-7-11-16(15)20-19(21)24-13-17(22)14-8-4-3-5-9-14/h2-11,17,22H,1,12-13H2. The zero-order valence-corrected chi connectivity index (χ0v) is 13.9. The average Bonchev–Trinajstić information content (AvgIpc) is 2.63. The summed E-state index contributed by atoms with van der Waals surface area (Å²) in [6.45, 7) is 4.10. The average molecular weight is 338 g/mol. The normalized spacial score (nSPS) is 12.2. The maximum atomic E-state index is 12.7. The number of aliphatic hydroxyl groups is 1. The Morgan fingerprint density at radius 2 is 1.88 bits per heavy atom. The van der Waals surface area contributed by atoms with Gasteiger partial charge in [0.05, 0.1) is 17.0 Å². The van der Waals surface area contributed by atoms with Crippen molar-refractivity contribution in [1.29, 1.82) is 0 Å². The van der Waals surface area contributed by atoms with Gasteiger partial charge in [-0.2, -0.15) is 0 Å². The molecule has 0 fully saturated rings. The molecule has 1 atom stereocenters. The molecule has 122 valence electrons. The molecule has 1 aromatic heterocycles. The highest BCUT2D eigenvalue weighted by atomic mass is 32.2. The molecule has 0 bridgehead atoms. The molecule has 1 N–H and O–H groups in total. The SMILES string of the molecule is C=CCn1c(SCC(O)c2ccccc2)nc2ccccc2c1=O. The Morgan fingerprint density at radius 3 is 2.62 bits per heavy atom. The van der Waals surface area contributed by atoms with Gasteiger partial charge in [-0.15, -0.1) is 6.58 Å². The van der Waals surface area contributed by atoms with E-state index in [1.807, 2.05) is 48.5 Å². The van der Waals surface area contributed by atoms with E-state index < -0.39 is 6.10 Å². The van der Waals surface area contributed by atoms with Crippen molar-refractivity contribution in [3.8, 4) is 0 Å². The van der Waals surface area contributed by atoms with Crippen molar-refractivity contribution in [2.24, 2.45) is 0 Å². The van der Waals surface area contributed by atoms with E-state index in [1.54, 1.807) is 16.7 Å². The van der Waals surface area contributed by atoms with Gasteiger partial charge in [0, 0.05) is 12.3 Å². The number of aliphatic hydroxyl groups excluding tert-OH is 1. The molecule has 4 nitrogen and oxygen atoms in total. The van der Waals surface area contributed by atoms with Gasteiger partial charge < -0.3 is 5.11 Å². The van der Waals surface area contributed by atoms with Crippen molar-refractivity contribution in [2.75, 3.05) is 5.75 Å². The third-order valence-corrected chi connectivity index (χ3v) is 4.75. The third kappa shape index (κ3) is 3.42. The zero-order valence-electron chi connectivity index (χ0n) is 13.1. The van der Waals surface area contributed by atoms with Crippen LogP contribution in [0.2, 0.25) is 0 Å². The summed E-state index contributed by atoms with van der Waals surface area (Å²) in [5.74, 6) is 0.423. The number of aromatic nitrogens is 2. The molecule has 0 spiro atoms. The fourth-order valence-electron chi connectivity index (χ4n) is 2.47. The molecule has 0 aliphatic rings. The van der Waals surface area contributed by atoms with Gasteiger partial charge in [0.25, 0.3) is 5.56 Å². The smallest absolute Gasteiger partial charge is 0.262 e. The van der Waals surface area contributed by atoms with Crippen LogP contribution in [0.5, 0.6) is 0 Å². The highest BCUT2D eigenvalue weighted by molar-refractivity contribution is 7.99. The topological polar surface area (TPSA) is 55.1 Å². The Balaban J connectivity index is 1.92. The summed E-state index contributed by atoms with van der Waals surface area (Å²) in [5, 5.41) is 11.5. The fraction of sp³-hybridized carbons (Fsp3) is 0.158. The zero-order chi connectivity index (χ0) is 16.9. The summed E-state index contributed by atoms with van der Waals surface area (Å²) >= 11 is 1.37. The third-order valence-electron chi connectivity index (χ3n) is 3.69. The maximum Gasteiger partial charge on any atom is 0.262 e. The molecule has 0 aliphatic carbocycles. The minimum absolute atomic E-state index is 0.0859. The van der Waals surface area contributed by atoms with E-state index in [-0.39, 0.29) is 5.56 Å². The lowest BCUT2D eigenvalue weighted by molar-refractivity contribution is 0.204. The van der Waals surface area contributed by atoms with Crippen LogP contribution in [0.25, 0.3) is 10.9 Å². The van der Waals surface area contributed by atoms with Crippen LogP contribution in [0.3, 0.4) is 0 Å². The molecule has 3 rings (SSSR count). The predicted octanol–water partition coefficient (Wildman–Crippen LogP) is 3.41. The van der Waals surface area contributed by atoms with Crippen LogP contribution in [-0.4, -0.2) is 20.4 Å². The molecule has 0 saturated heterocycles. The quantitative estimate of drug-likeness (QED) is 0.425. The van der Waals surface area contributed by atoms with Crippen LogP contribution in [0.1, 0.15) is 11.7 Å². The second kappa shape index (κ2) is 7.47. The lowest BCUT2D eigenvalue weighted by Crippen LogP contribution is -2.23. The summed E-state index contributed by atoms with van der Waals surface area (Å²) in [6, 6.07) is 16.8. The maximum absolute atomic E-state index is 12.7. The number of hydrogen-bond acceptors (Lipinski definition) is 4. The largest absolute Gasteiger partial charge is 0.388 e. The van der Waals surface area contributed by atoms with Crippen molar-refractivity contribution in [1.82, 2.24) is 9.55 Å². The number of allylic oxidation sites excluding steroid dienone is 1. The number of rotatable bonds is 6. The summed E-state index contributed by atoms with van der Waals surface area (Å²) in [5.41, 5.74) is 1.43. The first-order valence-corrected chi connectivity index (χ1v) is 8.65. The Morgan fingerprint density at radius 1 is 1.17 bits per heavy atom. The second-order valence-electron chi connectivity index (χ2n) is 5.35. The van der Waals surface area contributed by atoms with E-state index in [0.717, 1.165) is 5.56 Å².